The molecule has 0 unspecified atom stereocenters. The summed E-state index contributed by atoms with van der Waals surface area (Å²) in [6.07, 6.45) is 21.4. The van der Waals surface area contributed by atoms with E-state index in [-0.39, 0.29) is 6.61 Å². The third kappa shape index (κ3) is 21.6. The van der Waals surface area contributed by atoms with E-state index in [1.165, 1.54) is 57.8 Å². The fraction of sp³-hybridized carbons (Fsp3) is 0.889. The molecular weight excluding hydrogens is 312 g/mol. The predicted octanol–water partition coefficient (Wildman–Crippen LogP) is 5.50. The van der Waals surface area contributed by atoms with Gasteiger partial charge in [-0.2, -0.15) is 0 Å². The Balaban J connectivity index is 3.13. The number of hydrogen-bond acceptors (Lipinski definition) is 4. The lowest BCUT2D eigenvalue weighted by Gasteiger charge is -2.06. The maximum absolute atomic E-state index is 10.2. The van der Waals surface area contributed by atoms with Crippen LogP contribution in [0.15, 0.2) is 12.2 Å². The Morgan fingerprint density at radius 1 is 0.739 bits per heavy atom. The van der Waals surface area contributed by atoms with Crippen molar-refractivity contribution in [2.75, 3.05) is 6.61 Å². The maximum Gasteiger partial charge on any atom is 0.217 e. The number of rotatable bonds is 17. The van der Waals surface area contributed by atoms with Crippen LogP contribution in [0.1, 0.15) is 96.8 Å². The van der Waals surface area contributed by atoms with Crippen molar-refractivity contribution in [2.24, 2.45) is 0 Å². The van der Waals surface area contributed by atoms with Gasteiger partial charge in [0.1, 0.15) is 0 Å². The molecule has 0 aromatic heterocycles. The highest BCUT2D eigenvalue weighted by Crippen LogP contribution is 2.10. The van der Waals surface area contributed by atoms with Crippen molar-refractivity contribution in [3.63, 3.8) is 0 Å². The Bertz CT molecular complexity index is 363. The fourth-order valence-electron chi connectivity index (χ4n) is 2.51. The van der Waals surface area contributed by atoms with E-state index in [0.717, 1.165) is 25.7 Å². The van der Waals surface area contributed by atoms with Gasteiger partial charge in [-0.3, -0.25) is 4.18 Å². The molecule has 5 heteroatoms. The topological polar surface area (TPSA) is 66.4 Å². The van der Waals surface area contributed by atoms with Crippen LogP contribution in [0, 0.1) is 0 Å². The Kier molecular flexibility index (Phi) is 16.2. The molecule has 0 aromatic rings. The zero-order valence-corrected chi connectivity index (χ0v) is 15.6. The molecule has 0 saturated heterocycles. The molecule has 23 heavy (non-hydrogen) atoms. The lowest BCUT2D eigenvalue weighted by atomic mass is 10.1. The van der Waals surface area contributed by atoms with Crippen LogP contribution in [0.25, 0.3) is 0 Å². The predicted molar refractivity (Wildman–Crippen MR) is 95.1 cm³/mol. The Morgan fingerprint density at radius 2 is 1.17 bits per heavy atom. The molecule has 0 heterocycles. The Hall–Kier alpha value is -0.390. The van der Waals surface area contributed by atoms with Crippen LogP contribution >= 0.6 is 0 Å². The molecule has 0 atom stereocenters. The summed E-state index contributed by atoms with van der Waals surface area (Å²) in [5, 5.41) is 0. The normalized spacial score (nSPS) is 12.3. The average Bonchev–Trinajstić information content (AvgIpc) is 2.49. The minimum atomic E-state index is -4.50. The average molecular weight is 348 g/mol. The summed E-state index contributed by atoms with van der Waals surface area (Å²) in [5.41, 5.74) is 0. The first-order chi connectivity index (χ1) is 11.1. The van der Waals surface area contributed by atoms with E-state index in [1.807, 2.05) is 0 Å². The highest BCUT2D eigenvalue weighted by molar-refractivity contribution is 7.80. The van der Waals surface area contributed by atoms with E-state index in [0.29, 0.717) is 6.42 Å². The van der Waals surface area contributed by atoms with Crippen LogP contribution in [-0.2, 0) is 14.6 Å². The largest absolute Gasteiger partial charge is 0.726 e. The molecule has 0 N–H and O–H groups in total. The van der Waals surface area contributed by atoms with Gasteiger partial charge in [-0.25, -0.2) is 8.42 Å². The number of hydrogen-bond donors (Lipinski definition) is 0. The molecule has 0 bridgehead atoms. The lowest BCUT2D eigenvalue weighted by molar-refractivity contribution is 0.255. The van der Waals surface area contributed by atoms with Crippen molar-refractivity contribution in [2.45, 2.75) is 96.8 Å². The van der Waals surface area contributed by atoms with E-state index < -0.39 is 10.4 Å². The first-order valence-corrected chi connectivity index (χ1v) is 10.6. The van der Waals surface area contributed by atoms with Crippen molar-refractivity contribution < 1.29 is 17.2 Å². The van der Waals surface area contributed by atoms with Crippen molar-refractivity contribution in [1.29, 1.82) is 0 Å². The molecular formula is C18H35O4S-. The maximum atomic E-state index is 10.2. The zero-order chi connectivity index (χ0) is 17.2. The van der Waals surface area contributed by atoms with Gasteiger partial charge in [0, 0.05) is 0 Å². The van der Waals surface area contributed by atoms with Crippen LogP contribution in [0.4, 0.5) is 0 Å². The minimum absolute atomic E-state index is 0.0208. The van der Waals surface area contributed by atoms with Gasteiger partial charge in [0.15, 0.2) is 0 Å². The molecule has 0 saturated carbocycles. The molecule has 138 valence electrons. The van der Waals surface area contributed by atoms with Crippen LogP contribution in [0.5, 0.6) is 0 Å². The molecule has 0 fully saturated rings. The van der Waals surface area contributed by atoms with Gasteiger partial charge in [0.2, 0.25) is 10.4 Å². The van der Waals surface area contributed by atoms with Crippen LogP contribution in [0.2, 0.25) is 0 Å². The summed E-state index contributed by atoms with van der Waals surface area (Å²) >= 11 is 0. The van der Waals surface area contributed by atoms with Gasteiger partial charge in [0.05, 0.1) is 6.61 Å². The number of allylic oxidation sites excluding steroid dienone is 2. The molecule has 0 aromatic carbocycles. The highest BCUT2D eigenvalue weighted by Gasteiger charge is 1.95. The summed E-state index contributed by atoms with van der Waals surface area (Å²) in [4.78, 5) is 0. The van der Waals surface area contributed by atoms with Crippen molar-refractivity contribution in [3.05, 3.63) is 12.2 Å². The fourth-order valence-corrected chi connectivity index (χ4v) is 2.83. The molecule has 0 aliphatic rings. The smallest absolute Gasteiger partial charge is 0.217 e. The summed E-state index contributed by atoms with van der Waals surface area (Å²) in [6, 6.07) is 0. The summed E-state index contributed by atoms with van der Waals surface area (Å²) < 4.78 is 34.8. The van der Waals surface area contributed by atoms with Gasteiger partial charge < -0.3 is 4.55 Å². The zero-order valence-electron chi connectivity index (χ0n) is 14.8. The monoisotopic (exact) mass is 347 g/mol. The highest BCUT2D eigenvalue weighted by atomic mass is 32.3. The SMILES string of the molecule is CCCCCCCC/C=C\CCCCCCCCOS(=O)(=O)[O-]. The van der Waals surface area contributed by atoms with Gasteiger partial charge >= 0.3 is 0 Å². The van der Waals surface area contributed by atoms with E-state index >= 15 is 0 Å². The first kappa shape index (κ1) is 22.6. The Morgan fingerprint density at radius 3 is 1.65 bits per heavy atom. The lowest BCUT2D eigenvalue weighted by Crippen LogP contribution is -2.05. The third-order valence-corrected chi connectivity index (χ3v) is 4.34. The molecule has 0 rings (SSSR count). The quantitative estimate of drug-likeness (QED) is 0.151. The number of unbranched alkanes of at least 4 members (excludes halogenated alkanes) is 12. The summed E-state index contributed by atoms with van der Waals surface area (Å²) in [6.45, 7) is 2.27. The van der Waals surface area contributed by atoms with Gasteiger partial charge in [-0.05, 0) is 32.1 Å². The molecule has 4 nitrogen and oxygen atoms in total. The second-order valence-corrected chi connectivity index (χ2v) is 7.22. The van der Waals surface area contributed by atoms with Gasteiger partial charge in [-0.15, -0.1) is 0 Å². The minimum Gasteiger partial charge on any atom is -0.726 e. The van der Waals surface area contributed by atoms with Crippen molar-refractivity contribution in [3.8, 4) is 0 Å². The molecule has 0 amide bonds. The summed E-state index contributed by atoms with van der Waals surface area (Å²) in [5.74, 6) is 0. The molecule has 0 aliphatic heterocycles. The molecule has 0 spiro atoms. The summed E-state index contributed by atoms with van der Waals surface area (Å²) in [7, 11) is -4.50. The standard InChI is InChI=1S/C18H36O4S/c1-2-3-4-5-6-7-8-9-10-11-12-13-14-15-16-17-18-22-23(19,20)21/h9-10H,2-8,11-18H2,1H3,(H,19,20,21)/p-1/b10-9-. The van der Waals surface area contributed by atoms with Crippen molar-refractivity contribution in [1.82, 2.24) is 0 Å². The van der Waals surface area contributed by atoms with Crippen LogP contribution in [-0.4, -0.2) is 19.6 Å². The second-order valence-electron chi connectivity index (χ2n) is 6.17. The van der Waals surface area contributed by atoms with Gasteiger partial charge in [-0.1, -0.05) is 76.9 Å². The van der Waals surface area contributed by atoms with Crippen LogP contribution < -0.4 is 0 Å². The Labute approximate surface area is 143 Å². The third-order valence-electron chi connectivity index (χ3n) is 3.88. The molecule has 0 radical (unpaired) electrons. The van der Waals surface area contributed by atoms with E-state index in [4.69, 9.17) is 0 Å². The van der Waals surface area contributed by atoms with Gasteiger partial charge in [0.25, 0.3) is 0 Å². The van der Waals surface area contributed by atoms with E-state index in [1.54, 1.807) is 0 Å². The van der Waals surface area contributed by atoms with E-state index in [2.05, 4.69) is 23.3 Å². The first-order valence-electron chi connectivity index (χ1n) is 9.31. The molecule has 0 aliphatic carbocycles. The second kappa shape index (κ2) is 16.5. The van der Waals surface area contributed by atoms with E-state index in [9.17, 15) is 13.0 Å². The van der Waals surface area contributed by atoms with Crippen LogP contribution in [0.3, 0.4) is 0 Å². The van der Waals surface area contributed by atoms with Crippen molar-refractivity contribution >= 4 is 10.4 Å².